The van der Waals surface area contributed by atoms with Gasteiger partial charge in [0, 0.05) is 18.7 Å². The SMILES string of the molecule is CCCCCCCCCCCCN(CCCCCCCCCCCC)CCCCN1C(=O)C=CC1=O. The number of carbonyl (C=O) groups is 2. The first-order valence-corrected chi connectivity index (χ1v) is 15.9. The summed E-state index contributed by atoms with van der Waals surface area (Å²) in [5, 5.41) is 0. The zero-order valence-corrected chi connectivity index (χ0v) is 24.3. The van der Waals surface area contributed by atoms with E-state index < -0.39 is 0 Å². The second-order valence-electron chi connectivity index (χ2n) is 11.1. The minimum absolute atomic E-state index is 0.146. The van der Waals surface area contributed by atoms with Crippen LogP contribution in [0.3, 0.4) is 0 Å². The molecule has 1 aliphatic rings. The highest BCUT2D eigenvalue weighted by atomic mass is 16.2. The van der Waals surface area contributed by atoms with Gasteiger partial charge in [-0.05, 0) is 45.3 Å². The van der Waals surface area contributed by atoms with Crippen molar-refractivity contribution in [2.24, 2.45) is 0 Å². The molecule has 0 aromatic heterocycles. The van der Waals surface area contributed by atoms with Gasteiger partial charge in [-0.15, -0.1) is 0 Å². The molecule has 0 spiro atoms. The van der Waals surface area contributed by atoms with Crippen LogP contribution in [0.1, 0.15) is 155 Å². The van der Waals surface area contributed by atoms with Gasteiger partial charge < -0.3 is 4.90 Å². The van der Waals surface area contributed by atoms with E-state index in [0.29, 0.717) is 6.54 Å². The van der Waals surface area contributed by atoms with Crippen molar-refractivity contribution in [2.45, 2.75) is 155 Å². The molecular weight excluding hydrogens is 444 g/mol. The van der Waals surface area contributed by atoms with Gasteiger partial charge in [0.2, 0.25) is 0 Å². The van der Waals surface area contributed by atoms with Crippen molar-refractivity contribution in [2.75, 3.05) is 26.2 Å². The van der Waals surface area contributed by atoms with Gasteiger partial charge >= 0.3 is 0 Å². The summed E-state index contributed by atoms with van der Waals surface area (Å²) in [5.41, 5.74) is 0. The fraction of sp³-hybridized carbons (Fsp3) is 0.875. The van der Waals surface area contributed by atoms with Gasteiger partial charge in [0.15, 0.2) is 0 Å². The molecule has 0 aromatic rings. The fourth-order valence-electron chi connectivity index (χ4n) is 5.24. The number of imide groups is 1. The highest BCUT2D eigenvalue weighted by molar-refractivity contribution is 6.12. The summed E-state index contributed by atoms with van der Waals surface area (Å²) in [7, 11) is 0. The molecule has 0 unspecified atom stereocenters. The number of hydrogen-bond donors (Lipinski definition) is 0. The van der Waals surface area contributed by atoms with Gasteiger partial charge in [-0.2, -0.15) is 0 Å². The predicted octanol–water partition coefficient (Wildman–Crippen LogP) is 8.84. The Labute approximate surface area is 224 Å². The molecule has 0 saturated carbocycles. The number of unbranched alkanes of at least 4 members (excludes halogenated alkanes) is 19. The van der Waals surface area contributed by atoms with E-state index in [4.69, 9.17) is 0 Å². The minimum Gasteiger partial charge on any atom is -0.303 e. The number of carbonyl (C=O) groups excluding carboxylic acids is 2. The molecule has 1 aliphatic heterocycles. The Balaban J connectivity index is 2.16. The molecule has 4 heteroatoms. The Kier molecular flexibility index (Phi) is 22.1. The predicted molar refractivity (Wildman–Crippen MR) is 155 cm³/mol. The van der Waals surface area contributed by atoms with Crippen molar-refractivity contribution in [3.05, 3.63) is 12.2 Å². The van der Waals surface area contributed by atoms with E-state index in [2.05, 4.69) is 18.7 Å². The molecule has 0 fully saturated rings. The zero-order chi connectivity index (χ0) is 26.1. The summed E-state index contributed by atoms with van der Waals surface area (Å²) in [6, 6.07) is 0. The third-order valence-electron chi connectivity index (χ3n) is 7.66. The Morgan fingerprint density at radius 2 is 0.778 bits per heavy atom. The Bertz CT molecular complexity index is 518. The van der Waals surface area contributed by atoms with E-state index in [-0.39, 0.29) is 11.8 Å². The van der Waals surface area contributed by atoms with E-state index in [1.165, 1.54) is 159 Å². The van der Waals surface area contributed by atoms with Crippen molar-refractivity contribution in [3.8, 4) is 0 Å². The zero-order valence-electron chi connectivity index (χ0n) is 24.3. The average Bonchev–Trinajstić information content (AvgIpc) is 3.20. The lowest BCUT2D eigenvalue weighted by molar-refractivity contribution is -0.136. The van der Waals surface area contributed by atoms with Gasteiger partial charge in [0.05, 0.1) is 0 Å². The normalized spacial score (nSPS) is 13.6. The summed E-state index contributed by atoms with van der Waals surface area (Å²) in [4.78, 5) is 27.5. The van der Waals surface area contributed by atoms with E-state index in [1.807, 2.05) is 0 Å². The third kappa shape index (κ3) is 18.1. The first-order chi connectivity index (χ1) is 17.7. The first kappa shape index (κ1) is 32.9. The van der Waals surface area contributed by atoms with E-state index in [9.17, 15) is 9.59 Å². The molecule has 2 amide bonds. The Morgan fingerprint density at radius 1 is 0.472 bits per heavy atom. The van der Waals surface area contributed by atoms with E-state index in [1.54, 1.807) is 0 Å². The first-order valence-electron chi connectivity index (χ1n) is 15.9. The van der Waals surface area contributed by atoms with Crippen molar-refractivity contribution in [1.29, 1.82) is 0 Å². The molecule has 0 bridgehead atoms. The van der Waals surface area contributed by atoms with Gasteiger partial charge in [-0.1, -0.05) is 129 Å². The summed E-state index contributed by atoms with van der Waals surface area (Å²) < 4.78 is 0. The largest absolute Gasteiger partial charge is 0.303 e. The van der Waals surface area contributed by atoms with E-state index >= 15 is 0 Å². The molecule has 210 valence electrons. The second-order valence-corrected chi connectivity index (χ2v) is 11.1. The van der Waals surface area contributed by atoms with Crippen molar-refractivity contribution < 1.29 is 9.59 Å². The number of amides is 2. The van der Waals surface area contributed by atoms with Crippen LogP contribution in [0.5, 0.6) is 0 Å². The molecule has 1 rings (SSSR count). The molecule has 0 aliphatic carbocycles. The summed E-state index contributed by atoms with van der Waals surface area (Å²) >= 11 is 0. The fourth-order valence-corrected chi connectivity index (χ4v) is 5.24. The van der Waals surface area contributed by atoms with Crippen LogP contribution in [-0.2, 0) is 9.59 Å². The number of rotatable bonds is 27. The molecule has 0 N–H and O–H groups in total. The van der Waals surface area contributed by atoms with Crippen LogP contribution in [0.25, 0.3) is 0 Å². The van der Waals surface area contributed by atoms with Crippen LogP contribution in [0.2, 0.25) is 0 Å². The molecule has 4 nitrogen and oxygen atoms in total. The molecule has 0 radical (unpaired) electrons. The summed E-state index contributed by atoms with van der Waals surface area (Å²) in [5.74, 6) is -0.292. The maximum Gasteiger partial charge on any atom is 0.253 e. The molecule has 0 aromatic carbocycles. The monoisotopic (exact) mass is 504 g/mol. The number of nitrogens with zero attached hydrogens (tertiary/aromatic N) is 2. The van der Waals surface area contributed by atoms with Crippen LogP contribution in [0.15, 0.2) is 12.2 Å². The van der Waals surface area contributed by atoms with Crippen LogP contribution in [0, 0.1) is 0 Å². The lowest BCUT2D eigenvalue weighted by atomic mass is 10.1. The third-order valence-corrected chi connectivity index (χ3v) is 7.66. The average molecular weight is 505 g/mol. The van der Waals surface area contributed by atoms with Crippen molar-refractivity contribution >= 4 is 11.8 Å². The summed E-state index contributed by atoms with van der Waals surface area (Å²) in [6.07, 6.45) is 32.4. The maximum atomic E-state index is 11.8. The standard InChI is InChI=1S/C32H60N2O2/c1-3-5-7-9-11-13-15-17-19-21-27-33(28-22-20-18-16-14-12-10-8-6-4-2)29-23-24-30-34-31(35)25-26-32(34)36/h25-26H,3-24,27-30H2,1-2H3. The molecule has 1 heterocycles. The van der Waals surface area contributed by atoms with Gasteiger partial charge in [-0.25, -0.2) is 0 Å². The lowest BCUT2D eigenvalue weighted by Gasteiger charge is -2.23. The van der Waals surface area contributed by atoms with Gasteiger partial charge in [0.1, 0.15) is 0 Å². The van der Waals surface area contributed by atoms with Crippen molar-refractivity contribution in [3.63, 3.8) is 0 Å². The minimum atomic E-state index is -0.146. The Morgan fingerprint density at radius 3 is 1.14 bits per heavy atom. The quantitative estimate of drug-likeness (QED) is 0.0828. The molecular formula is C32H60N2O2. The van der Waals surface area contributed by atoms with Crippen molar-refractivity contribution in [1.82, 2.24) is 9.80 Å². The Hall–Kier alpha value is -1.16. The highest BCUT2D eigenvalue weighted by Gasteiger charge is 2.22. The molecule has 0 atom stereocenters. The number of hydrogen-bond acceptors (Lipinski definition) is 3. The smallest absolute Gasteiger partial charge is 0.253 e. The molecule has 0 saturated heterocycles. The topological polar surface area (TPSA) is 40.6 Å². The van der Waals surface area contributed by atoms with Crippen LogP contribution < -0.4 is 0 Å². The van der Waals surface area contributed by atoms with Crippen LogP contribution >= 0.6 is 0 Å². The van der Waals surface area contributed by atoms with Crippen LogP contribution in [-0.4, -0.2) is 47.8 Å². The van der Waals surface area contributed by atoms with E-state index in [0.717, 1.165) is 19.4 Å². The maximum absolute atomic E-state index is 11.8. The molecule has 36 heavy (non-hydrogen) atoms. The second kappa shape index (κ2) is 24.2. The van der Waals surface area contributed by atoms with Crippen LogP contribution in [0.4, 0.5) is 0 Å². The highest BCUT2D eigenvalue weighted by Crippen LogP contribution is 2.14. The lowest BCUT2D eigenvalue weighted by Crippen LogP contribution is -2.32. The van der Waals surface area contributed by atoms with Gasteiger partial charge in [-0.3, -0.25) is 14.5 Å². The van der Waals surface area contributed by atoms with Gasteiger partial charge in [0.25, 0.3) is 11.8 Å². The summed E-state index contributed by atoms with van der Waals surface area (Å²) in [6.45, 7) is 8.64.